The molecular formula is C20H26N2O. The first-order valence-corrected chi connectivity index (χ1v) is 8.33. The van der Waals surface area contributed by atoms with Crippen LogP contribution in [0.3, 0.4) is 0 Å². The third kappa shape index (κ3) is 3.12. The van der Waals surface area contributed by atoms with Crippen molar-refractivity contribution in [2.45, 2.75) is 19.3 Å². The Morgan fingerprint density at radius 1 is 1.13 bits per heavy atom. The molecule has 0 aromatic heterocycles. The van der Waals surface area contributed by atoms with Gasteiger partial charge in [-0.15, -0.1) is 0 Å². The molecule has 3 heteroatoms. The normalized spacial score (nSPS) is 15.6. The fourth-order valence-corrected chi connectivity index (χ4v) is 3.49. The van der Waals surface area contributed by atoms with Crippen LogP contribution < -0.4 is 10.5 Å². The van der Waals surface area contributed by atoms with Crippen molar-refractivity contribution in [3.05, 3.63) is 53.1 Å². The molecule has 1 unspecified atom stereocenters. The Kier molecular flexibility index (Phi) is 4.69. The molecule has 1 aliphatic carbocycles. The van der Waals surface area contributed by atoms with Gasteiger partial charge in [0, 0.05) is 12.5 Å². The zero-order valence-corrected chi connectivity index (χ0v) is 14.3. The molecular weight excluding hydrogens is 284 g/mol. The number of fused-ring (bicyclic) bond motifs is 3. The van der Waals surface area contributed by atoms with Crippen LogP contribution in [0.1, 0.15) is 29.0 Å². The lowest BCUT2D eigenvalue weighted by molar-refractivity contribution is 0.261. The zero-order chi connectivity index (χ0) is 16.4. The van der Waals surface area contributed by atoms with Crippen molar-refractivity contribution >= 4 is 0 Å². The van der Waals surface area contributed by atoms with Crippen LogP contribution in [-0.2, 0) is 0 Å². The van der Waals surface area contributed by atoms with Crippen molar-refractivity contribution in [1.82, 2.24) is 4.90 Å². The molecule has 0 spiro atoms. The van der Waals surface area contributed by atoms with Gasteiger partial charge < -0.3 is 15.4 Å². The SMILES string of the molecule is Cc1cccc2c1-c1ccc(OCCN(C)C)cc1C2CCN. The molecule has 0 amide bonds. The van der Waals surface area contributed by atoms with E-state index in [0.717, 1.165) is 18.7 Å². The Bertz CT molecular complexity index is 694. The summed E-state index contributed by atoms with van der Waals surface area (Å²) < 4.78 is 5.92. The van der Waals surface area contributed by atoms with Gasteiger partial charge in [0.2, 0.25) is 0 Å². The Morgan fingerprint density at radius 3 is 2.70 bits per heavy atom. The van der Waals surface area contributed by atoms with E-state index in [1.165, 1.54) is 27.8 Å². The third-order valence-electron chi connectivity index (χ3n) is 4.61. The largest absolute Gasteiger partial charge is 0.492 e. The van der Waals surface area contributed by atoms with Crippen LogP contribution in [0.2, 0.25) is 0 Å². The van der Waals surface area contributed by atoms with Gasteiger partial charge >= 0.3 is 0 Å². The van der Waals surface area contributed by atoms with E-state index >= 15 is 0 Å². The van der Waals surface area contributed by atoms with E-state index in [-0.39, 0.29) is 0 Å². The second kappa shape index (κ2) is 6.73. The minimum absolute atomic E-state index is 0.391. The van der Waals surface area contributed by atoms with Gasteiger partial charge in [-0.25, -0.2) is 0 Å². The monoisotopic (exact) mass is 310 g/mol. The molecule has 1 atom stereocenters. The van der Waals surface area contributed by atoms with Crippen LogP contribution in [0.15, 0.2) is 36.4 Å². The summed E-state index contributed by atoms with van der Waals surface area (Å²) in [6.45, 7) is 4.51. The molecule has 3 nitrogen and oxygen atoms in total. The lowest BCUT2D eigenvalue weighted by Gasteiger charge is -2.15. The summed E-state index contributed by atoms with van der Waals surface area (Å²) in [7, 11) is 4.12. The van der Waals surface area contributed by atoms with Gasteiger partial charge in [-0.1, -0.05) is 24.3 Å². The number of hydrogen-bond acceptors (Lipinski definition) is 3. The second-order valence-corrected chi connectivity index (χ2v) is 6.57. The van der Waals surface area contributed by atoms with Crippen LogP contribution in [-0.4, -0.2) is 38.7 Å². The van der Waals surface area contributed by atoms with E-state index in [1.807, 2.05) is 0 Å². The standard InChI is InChI=1S/C20H26N2O/c1-14-5-4-6-17-16(9-10-21)19-13-15(23-12-11-22(2)3)7-8-18(19)20(14)17/h4-8,13,16H,9-12,21H2,1-3H3. The predicted molar refractivity (Wildman–Crippen MR) is 96.2 cm³/mol. The number of benzene rings is 2. The van der Waals surface area contributed by atoms with Gasteiger partial charge in [0.05, 0.1) is 0 Å². The van der Waals surface area contributed by atoms with E-state index in [4.69, 9.17) is 10.5 Å². The third-order valence-corrected chi connectivity index (χ3v) is 4.61. The van der Waals surface area contributed by atoms with E-state index in [2.05, 4.69) is 62.3 Å². The Hall–Kier alpha value is -1.84. The highest BCUT2D eigenvalue weighted by molar-refractivity contribution is 5.81. The van der Waals surface area contributed by atoms with Gasteiger partial charge in [0.25, 0.3) is 0 Å². The van der Waals surface area contributed by atoms with E-state index < -0.39 is 0 Å². The molecule has 0 radical (unpaired) electrons. The molecule has 2 N–H and O–H groups in total. The number of nitrogens with zero attached hydrogens (tertiary/aromatic N) is 1. The minimum Gasteiger partial charge on any atom is -0.492 e. The Labute approximate surface area is 139 Å². The predicted octanol–water partition coefficient (Wildman–Crippen LogP) is 3.40. The molecule has 1 aliphatic rings. The van der Waals surface area contributed by atoms with Gasteiger partial charge in [0.1, 0.15) is 12.4 Å². The van der Waals surface area contributed by atoms with Gasteiger partial charge in [-0.3, -0.25) is 0 Å². The number of hydrogen-bond donors (Lipinski definition) is 1. The number of rotatable bonds is 6. The minimum atomic E-state index is 0.391. The Balaban J connectivity index is 1.94. The van der Waals surface area contributed by atoms with Crippen LogP contribution in [0.4, 0.5) is 0 Å². The molecule has 0 heterocycles. The summed E-state index contributed by atoms with van der Waals surface area (Å²) in [5, 5.41) is 0. The molecule has 122 valence electrons. The highest BCUT2D eigenvalue weighted by Gasteiger charge is 2.29. The molecule has 23 heavy (non-hydrogen) atoms. The summed E-state index contributed by atoms with van der Waals surface area (Å²) >= 11 is 0. The summed E-state index contributed by atoms with van der Waals surface area (Å²) in [5.74, 6) is 1.35. The fraction of sp³-hybridized carbons (Fsp3) is 0.400. The van der Waals surface area contributed by atoms with Crippen molar-refractivity contribution in [2.24, 2.45) is 5.73 Å². The smallest absolute Gasteiger partial charge is 0.119 e. The zero-order valence-electron chi connectivity index (χ0n) is 14.3. The molecule has 0 fully saturated rings. The summed E-state index contributed by atoms with van der Waals surface area (Å²) in [6.07, 6.45) is 0.977. The summed E-state index contributed by atoms with van der Waals surface area (Å²) in [5.41, 5.74) is 12.7. The van der Waals surface area contributed by atoms with Gasteiger partial charge in [-0.05, 0) is 73.9 Å². The topological polar surface area (TPSA) is 38.5 Å². The molecule has 3 rings (SSSR count). The first kappa shape index (κ1) is 16.0. The number of aryl methyl sites for hydroxylation is 1. The van der Waals surface area contributed by atoms with Crippen LogP contribution in [0, 0.1) is 6.92 Å². The van der Waals surface area contributed by atoms with Crippen molar-refractivity contribution in [3.63, 3.8) is 0 Å². The van der Waals surface area contributed by atoms with Crippen LogP contribution in [0.25, 0.3) is 11.1 Å². The van der Waals surface area contributed by atoms with Gasteiger partial charge in [-0.2, -0.15) is 0 Å². The molecule has 0 aliphatic heterocycles. The quantitative estimate of drug-likeness (QED) is 0.889. The van der Waals surface area contributed by atoms with E-state index in [9.17, 15) is 0 Å². The van der Waals surface area contributed by atoms with Crippen molar-refractivity contribution in [1.29, 1.82) is 0 Å². The fourth-order valence-electron chi connectivity index (χ4n) is 3.49. The number of nitrogens with two attached hydrogens (primary N) is 1. The molecule has 0 saturated heterocycles. The average Bonchev–Trinajstić information content (AvgIpc) is 2.83. The average molecular weight is 310 g/mol. The maximum absolute atomic E-state index is 5.92. The molecule has 2 aromatic rings. The first-order valence-electron chi connectivity index (χ1n) is 8.33. The maximum atomic E-state index is 5.92. The maximum Gasteiger partial charge on any atom is 0.119 e. The lowest BCUT2D eigenvalue weighted by atomic mass is 9.93. The first-order chi connectivity index (χ1) is 11.1. The van der Waals surface area contributed by atoms with E-state index in [1.54, 1.807) is 0 Å². The number of likely N-dealkylation sites (N-methyl/N-ethyl adjacent to an activating group) is 1. The lowest BCUT2D eigenvalue weighted by Crippen LogP contribution is -2.19. The highest BCUT2D eigenvalue weighted by Crippen LogP contribution is 2.48. The van der Waals surface area contributed by atoms with Crippen LogP contribution in [0.5, 0.6) is 5.75 Å². The molecule has 2 aromatic carbocycles. The number of ether oxygens (including phenoxy) is 1. The van der Waals surface area contributed by atoms with Crippen molar-refractivity contribution in [3.8, 4) is 16.9 Å². The summed E-state index contributed by atoms with van der Waals surface area (Å²) in [4.78, 5) is 2.13. The van der Waals surface area contributed by atoms with Crippen molar-refractivity contribution < 1.29 is 4.74 Å². The Morgan fingerprint density at radius 2 is 1.96 bits per heavy atom. The van der Waals surface area contributed by atoms with Gasteiger partial charge in [0.15, 0.2) is 0 Å². The van der Waals surface area contributed by atoms with E-state index in [0.29, 0.717) is 19.1 Å². The van der Waals surface area contributed by atoms with Crippen LogP contribution >= 0.6 is 0 Å². The highest BCUT2D eigenvalue weighted by atomic mass is 16.5. The second-order valence-electron chi connectivity index (χ2n) is 6.57. The molecule has 0 saturated carbocycles. The molecule has 0 bridgehead atoms. The van der Waals surface area contributed by atoms with Crippen molar-refractivity contribution in [2.75, 3.05) is 33.8 Å². The summed E-state index contributed by atoms with van der Waals surface area (Å²) in [6, 6.07) is 13.1.